The third-order valence-corrected chi connectivity index (χ3v) is 12.3. The van der Waals surface area contributed by atoms with Crippen LogP contribution in [0.1, 0.15) is 168 Å². The predicted octanol–water partition coefficient (Wildman–Crippen LogP) is 11.9. The van der Waals surface area contributed by atoms with Gasteiger partial charge in [0.2, 0.25) is 0 Å². The fourth-order valence-corrected chi connectivity index (χ4v) is 8.03. The first-order valence-corrected chi connectivity index (χ1v) is 27.6. The molecule has 0 saturated heterocycles. The van der Waals surface area contributed by atoms with Crippen LogP contribution < -0.4 is 9.47 Å². The van der Waals surface area contributed by atoms with E-state index in [0.29, 0.717) is 116 Å². The van der Waals surface area contributed by atoms with Gasteiger partial charge in [-0.25, -0.2) is 0 Å². The van der Waals surface area contributed by atoms with E-state index < -0.39 is 0 Å². The number of aromatic hydroxyl groups is 2. The Morgan fingerprint density at radius 1 is 0.371 bits per heavy atom. The molecule has 408 valence electrons. The summed E-state index contributed by atoms with van der Waals surface area (Å²) in [5.74, 6) is 5.09. The molecule has 0 aliphatic rings. The van der Waals surface area contributed by atoms with Gasteiger partial charge in [0.25, 0.3) is 0 Å². The number of hydrogen-bond acceptors (Lipinski definition) is 12. The molecular formula is C58H104O12. The Morgan fingerprint density at radius 2 is 0.700 bits per heavy atom. The average Bonchev–Trinajstić information content (AvgIpc) is 3.32. The molecule has 0 unspecified atom stereocenters. The van der Waals surface area contributed by atoms with E-state index in [1.807, 2.05) is 12.1 Å². The molecule has 0 amide bonds. The van der Waals surface area contributed by atoms with Crippen LogP contribution >= 0.6 is 0 Å². The lowest BCUT2D eigenvalue weighted by Gasteiger charge is -2.17. The molecule has 2 atom stereocenters. The van der Waals surface area contributed by atoms with Crippen molar-refractivity contribution < 1.29 is 58.3 Å². The van der Waals surface area contributed by atoms with Crippen molar-refractivity contribution in [3.63, 3.8) is 0 Å². The van der Waals surface area contributed by atoms with Crippen LogP contribution in [0.2, 0.25) is 0 Å². The molecule has 0 heterocycles. The molecule has 12 heteroatoms. The molecule has 70 heavy (non-hydrogen) atoms. The number of ether oxygens (including phenoxy) is 8. The molecule has 2 rings (SSSR count). The van der Waals surface area contributed by atoms with Gasteiger partial charge in [-0.1, -0.05) is 120 Å². The topological polar surface area (TPSA) is 155 Å². The summed E-state index contributed by atoms with van der Waals surface area (Å²) in [6, 6.07) is 8.09. The normalized spacial score (nSPS) is 12.4. The van der Waals surface area contributed by atoms with Gasteiger partial charge in [0, 0.05) is 11.1 Å². The summed E-state index contributed by atoms with van der Waals surface area (Å²) in [5, 5.41) is 38.9. The van der Waals surface area contributed by atoms with Gasteiger partial charge in [-0.2, -0.15) is 0 Å². The third-order valence-electron chi connectivity index (χ3n) is 12.3. The maximum atomic E-state index is 10.8. The molecule has 0 spiro atoms. The summed E-state index contributed by atoms with van der Waals surface area (Å²) in [6.45, 7) is 24.6. The number of hydrogen-bond donors (Lipinski definition) is 4. The van der Waals surface area contributed by atoms with Gasteiger partial charge in [0.15, 0.2) is 0 Å². The molecule has 0 aliphatic heterocycles. The van der Waals surface area contributed by atoms with Crippen molar-refractivity contribution in [1.82, 2.24) is 0 Å². The molecule has 0 aliphatic carbocycles. The van der Waals surface area contributed by atoms with Crippen LogP contribution in [-0.4, -0.2) is 126 Å². The average molecular weight is 993 g/mol. The lowest BCUT2D eigenvalue weighted by atomic mass is 9.93. The summed E-state index contributed by atoms with van der Waals surface area (Å²) in [6.07, 6.45) is 20.2. The maximum Gasteiger partial charge on any atom is 0.126 e. The minimum Gasteiger partial charge on any atom is -0.508 e. The quantitative estimate of drug-likeness (QED) is 0.0467. The van der Waals surface area contributed by atoms with Crippen molar-refractivity contribution in [3.8, 4) is 23.0 Å². The van der Waals surface area contributed by atoms with E-state index >= 15 is 0 Å². The van der Waals surface area contributed by atoms with Crippen molar-refractivity contribution in [2.45, 2.75) is 171 Å². The van der Waals surface area contributed by atoms with Crippen LogP contribution in [0.15, 0.2) is 24.3 Å². The molecule has 2 aromatic rings. The SMILES string of the molecule is CCCCCc1cc(O)c(CC[C@@H](C)CCCC(C)C)c(OCCOCCOCCOCCO)c1.CCCCCc1cc(O)c(CC[C@H](C)CCCC(C)C)c(OCCOCCOCCOCCO)c1. The number of phenolic OH excluding ortho intramolecular Hbond substituents is 2. The van der Waals surface area contributed by atoms with Gasteiger partial charge in [-0.05, 0) is 110 Å². The summed E-state index contributed by atoms with van der Waals surface area (Å²) in [7, 11) is 0. The monoisotopic (exact) mass is 993 g/mol. The summed E-state index contributed by atoms with van der Waals surface area (Å²) in [4.78, 5) is 0. The predicted molar refractivity (Wildman–Crippen MR) is 285 cm³/mol. The van der Waals surface area contributed by atoms with Crippen molar-refractivity contribution in [2.24, 2.45) is 23.7 Å². The van der Waals surface area contributed by atoms with Gasteiger partial charge in [0.05, 0.1) is 92.5 Å². The number of rotatable bonds is 46. The Kier molecular flexibility index (Phi) is 42.0. The summed E-state index contributed by atoms with van der Waals surface area (Å²) < 4.78 is 44.6. The van der Waals surface area contributed by atoms with Gasteiger partial charge in [-0.3, -0.25) is 0 Å². The lowest BCUT2D eigenvalue weighted by molar-refractivity contribution is 0.00356. The summed E-state index contributed by atoms with van der Waals surface area (Å²) in [5.41, 5.74) is 4.12. The minimum absolute atomic E-state index is 0.0293. The highest BCUT2D eigenvalue weighted by atomic mass is 16.6. The molecule has 0 aromatic heterocycles. The van der Waals surface area contributed by atoms with E-state index in [1.54, 1.807) is 0 Å². The fourth-order valence-electron chi connectivity index (χ4n) is 8.03. The van der Waals surface area contributed by atoms with Gasteiger partial charge in [0.1, 0.15) is 36.2 Å². The molecule has 0 radical (unpaired) electrons. The number of unbranched alkanes of at least 4 members (excludes halogenated alkanes) is 4. The van der Waals surface area contributed by atoms with E-state index in [2.05, 4.69) is 67.5 Å². The number of phenols is 2. The van der Waals surface area contributed by atoms with Crippen molar-refractivity contribution >= 4 is 0 Å². The van der Waals surface area contributed by atoms with Crippen LogP contribution in [0.4, 0.5) is 0 Å². The molecule has 4 N–H and O–H groups in total. The van der Waals surface area contributed by atoms with Crippen LogP contribution in [0.3, 0.4) is 0 Å². The zero-order valence-electron chi connectivity index (χ0n) is 45.7. The molecular weight excluding hydrogens is 889 g/mol. The van der Waals surface area contributed by atoms with Crippen LogP contribution in [0.5, 0.6) is 23.0 Å². The van der Waals surface area contributed by atoms with E-state index in [9.17, 15) is 10.2 Å². The van der Waals surface area contributed by atoms with Crippen LogP contribution in [0.25, 0.3) is 0 Å². The first-order valence-electron chi connectivity index (χ1n) is 27.6. The zero-order chi connectivity index (χ0) is 51.5. The Balaban J connectivity index is 0.000000700. The highest BCUT2D eigenvalue weighted by molar-refractivity contribution is 5.48. The van der Waals surface area contributed by atoms with Gasteiger partial charge in [-0.15, -0.1) is 0 Å². The van der Waals surface area contributed by atoms with Crippen molar-refractivity contribution in [2.75, 3.05) is 106 Å². The van der Waals surface area contributed by atoms with E-state index in [4.69, 9.17) is 48.1 Å². The fraction of sp³-hybridized carbons (Fsp3) is 0.793. The molecule has 0 bridgehead atoms. The lowest BCUT2D eigenvalue weighted by Crippen LogP contribution is -2.14. The molecule has 2 aromatic carbocycles. The number of aryl methyl sites for hydroxylation is 2. The highest BCUT2D eigenvalue weighted by Crippen LogP contribution is 2.35. The Hall–Kier alpha value is -2.68. The van der Waals surface area contributed by atoms with E-state index in [1.165, 1.54) is 64.2 Å². The smallest absolute Gasteiger partial charge is 0.126 e. The molecule has 0 saturated carbocycles. The number of benzene rings is 2. The Morgan fingerprint density at radius 3 is 1.01 bits per heavy atom. The molecule has 0 fully saturated rings. The number of aliphatic hydroxyl groups excluding tert-OH is 2. The van der Waals surface area contributed by atoms with Crippen molar-refractivity contribution in [3.05, 3.63) is 46.5 Å². The zero-order valence-corrected chi connectivity index (χ0v) is 45.7. The van der Waals surface area contributed by atoms with Gasteiger partial charge >= 0.3 is 0 Å². The minimum atomic E-state index is 0.0293. The highest BCUT2D eigenvalue weighted by Gasteiger charge is 2.16. The second kappa shape index (κ2) is 45.0. The molecule has 12 nitrogen and oxygen atoms in total. The largest absolute Gasteiger partial charge is 0.508 e. The van der Waals surface area contributed by atoms with Gasteiger partial charge < -0.3 is 58.3 Å². The number of aliphatic hydroxyl groups is 2. The van der Waals surface area contributed by atoms with Crippen molar-refractivity contribution in [1.29, 1.82) is 0 Å². The second-order valence-electron chi connectivity index (χ2n) is 19.9. The summed E-state index contributed by atoms with van der Waals surface area (Å²) >= 11 is 0. The van der Waals surface area contributed by atoms with E-state index in [0.717, 1.165) is 97.0 Å². The van der Waals surface area contributed by atoms with Crippen LogP contribution in [0, 0.1) is 23.7 Å². The Labute approximate surface area is 426 Å². The first-order chi connectivity index (χ1) is 33.9. The Bertz CT molecular complexity index is 1380. The van der Waals surface area contributed by atoms with E-state index in [-0.39, 0.29) is 13.2 Å². The second-order valence-corrected chi connectivity index (χ2v) is 19.9. The van der Waals surface area contributed by atoms with Crippen LogP contribution in [-0.2, 0) is 54.1 Å². The third kappa shape index (κ3) is 35.4. The maximum absolute atomic E-state index is 10.8. The first kappa shape index (κ1) is 65.3. The standard InChI is InChI=1S/2C29H52O6/c2*1-5-6-7-11-26-22-28(31)27(13-12-25(4)10-8-9-24(2)3)29(23-26)35-21-20-34-19-18-33-17-16-32-15-14-30/h2*22-25,30-31H,5-21H2,1-4H3/t2*25-/m10/s1.